The maximum absolute atomic E-state index is 14.1. The quantitative estimate of drug-likeness (QED) is 0.225. The van der Waals surface area contributed by atoms with Crippen molar-refractivity contribution in [2.45, 2.75) is 38.6 Å². The van der Waals surface area contributed by atoms with Crippen LogP contribution in [0.4, 0.5) is 0 Å². The third-order valence-corrected chi connectivity index (χ3v) is 9.31. The topological polar surface area (TPSA) is 111 Å². The first kappa shape index (κ1) is 29.9. The number of nitrogens with zero attached hydrogens (tertiary/aromatic N) is 5. The van der Waals surface area contributed by atoms with Gasteiger partial charge in [-0.05, 0) is 88.9 Å². The van der Waals surface area contributed by atoms with Gasteiger partial charge in [-0.25, -0.2) is 4.79 Å². The lowest BCUT2D eigenvalue weighted by Gasteiger charge is -2.28. The zero-order valence-corrected chi connectivity index (χ0v) is 26.9. The minimum atomic E-state index is -0.445. The van der Waals surface area contributed by atoms with E-state index in [2.05, 4.69) is 31.4 Å². The van der Waals surface area contributed by atoms with E-state index in [1.807, 2.05) is 42.5 Å². The minimum Gasteiger partial charge on any atom is -0.490 e. The number of hydrogen-bond donors (Lipinski definition) is 1. The summed E-state index contributed by atoms with van der Waals surface area (Å²) in [6.07, 6.45) is 3.89. The number of aromatic nitrogens is 4. The number of carbonyl (C=O) groups excluding carboxylic acids is 2. The van der Waals surface area contributed by atoms with Crippen LogP contribution in [-0.4, -0.2) is 48.7 Å². The maximum atomic E-state index is 14.1. The van der Waals surface area contributed by atoms with Crippen molar-refractivity contribution in [1.29, 1.82) is 0 Å². The number of hydrogen-bond acceptors (Lipinski definition) is 6. The molecule has 1 N–H and O–H groups in total. The largest absolute Gasteiger partial charge is 0.490 e. The van der Waals surface area contributed by atoms with Gasteiger partial charge >= 0.3 is 5.69 Å². The van der Waals surface area contributed by atoms with Crippen LogP contribution in [0.2, 0.25) is 5.02 Å². The highest BCUT2D eigenvalue weighted by Crippen LogP contribution is 2.29. The number of halogens is 2. The van der Waals surface area contributed by atoms with Gasteiger partial charge < -0.3 is 15.0 Å². The van der Waals surface area contributed by atoms with Crippen molar-refractivity contribution in [2.75, 3.05) is 6.54 Å². The molecule has 1 aliphatic heterocycles. The van der Waals surface area contributed by atoms with Crippen LogP contribution in [0, 0.1) is 0 Å². The van der Waals surface area contributed by atoms with Gasteiger partial charge in [0.05, 0.1) is 34.7 Å². The van der Waals surface area contributed by atoms with Crippen molar-refractivity contribution >= 4 is 39.3 Å². The molecule has 12 heteroatoms. The van der Waals surface area contributed by atoms with Gasteiger partial charge in [0.15, 0.2) is 0 Å². The molecule has 46 heavy (non-hydrogen) atoms. The molecule has 2 amide bonds. The summed E-state index contributed by atoms with van der Waals surface area (Å²) in [5.74, 6) is 0.0191. The fourth-order valence-electron chi connectivity index (χ4n) is 5.60. The second kappa shape index (κ2) is 12.6. The Kier molecular flexibility index (Phi) is 8.18. The van der Waals surface area contributed by atoms with E-state index in [4.69, 9.17) is 16.3 Å². The van der Waals surface area contributed by atoms with E-state index in [-0.39, 0.29) is 43.0 Å². The highest BCUT2D eigenvalue weighted by molar-refractivity contribution is 9.10. The van der Waals surface area contributed by atoms with Gasteiger partial charge in [-0.2, -0.15) is 10.2 Å². The van der Waals surface area contributed by atoms with Crippen molar-refractivity contribution in [3.8, 4) is 22.7 Å². The Labute approximate surface area is 277 Å². The first-order valence-electron chi connectivity index (χ1n) is 14.9. The molecular formula is C34H28BrClN6O4. The van der Waals surface area contributed by atoms with E-state index in [9.17, 15) is 14.4 Å². The predicted molar refractivity (Wildman–Crippen MR) is 176 cm³/mol. The van der Waals surface area contributed by atoms with Gasteiger partial charge in [0, 0.05) is 41.4 Å². The van der Waals surface area contributed by atoms with Crippen LogP contribution in [0.3, 0.4) is 0 Å². The van der Waals surface area contributed by atoms with Crippen LogP contribution in [0.15, 0.2) is 94.3 Å². The van der Waals surface area contributed by atoms with Crippen molar-refractivity contribution in [3.63, 3.8) is 0 Å². The van der Waals surface area contributed by atoms with Crippen molar-refractivity contribution in [1.82, 2.24) is 29.5 Å². The van der Waals surface area contributed by atoms with Crippen molar-refractivity contribution < 1.29 is 14.3 Å². The molecule has 0 radical (unpaired) electrons. The summed E-state index contributed by atoms with van der Waals surface area (Å²) in [5.41, 5.74) is 3.57. The SMILES string of the molecule is O=C(NCc1ccccc1-c1cccnn1)c1c2n(c(=O)n1-c1ccc(OC3CC3)cc1)CCN(C(=O)c1ccc(Br)c(Cl)c1)C2. The van der Waals surface area contributed by atoms with Gasteiger partial charge in [-0.1, -0.05) is 35.9 Å². The second-order valence-electron chi connectivity index (χ2n) is 11.2. The predicted octanol–water partition coefficient (Wildman–Crippen LogP) is 5.64. The molecule has 1 aliphatic carbocycles. The third kappa shape index (κ3) is 5.95. The molecule has 1 saturated carbocycles. The molecular weight excluding hydrogens is 672 g/mol. The molecule has 1 fully saturated rings. The van der Waals surface area contributed by atoms with E-state index in [1.54, 1.807) is 52.1 Å². The second-order valence-corrected chi connectivity index (χ2v) is 12.4. The van der Waals surface area contributed by atoms with Gasteiger partial charge in [0.1, 0.15) is 11.4 Å². The normalized spacial score (nSPS) is 14.1. The number of fused-ring (bicyclic) bond motifs is 1. The van der Waals surface area contributed by atoms with Crippen LogP contribution in [0.25, 0.3) is 16.9 Å². The summed E-state index contributed by atoms with van der Waals surface area (Å²) < 4.78 is 9.58. The fraction of sp³-hybridized carbons (Fsp3) is 0.206. The van der Waals surface area contributed by atoms with Crippen LogP contribution < -0.4 is 15.7 Å². The molecule has 5 aromatic rings. The Morgan fingerprint density at radius 1 is 1.00 bits per heavy atom. The molecule has 0 atom stereocenters. The van der Waals surface area contributed by atoms with Gasteiger partial charge in [0.25, 0.3) is 11.8 Å². The number of carbonyl (C=O) groups is 2. The molecule has 0 bridgehead atoms. The number of ether oxygens (including phenoxy) is 1. The summed E-state index contributed by atoms with van der Waals surface area (Å²) in [5, 5.41) is 11.7. The van der Waals surface area contributed by atoms with E-state index < -0.39 is 5.91 Å². The van der Waals surface area contributed by atoms with Crippen LogP contribution >= 0.6 is 27.5 Å². The first-order valence-corrected chi connectivity index (χ1v) is 16.0. The Bertz CT molecular complexity index is 2010. The average Bonchev–Trinajstić information content (AvgIpc) is 3.86. The summed E-state index contributed by atoms with van der Waals surface area (Å²) in [6.45, 7) is 0.773. The molecule has 2 aromatic heterocycles. The number of nitrogens with one attached hydrogen (secondary N) is 1. The Hall–Kier alpha value is -4.74. The monoisotopic (exact) mass is 698 g/mol. The lowest BCUT2D eigenvalue weighted by atomic mass is 10.0. The Morgan fingerprint density at radius 3 is 2.54 bits per heavy atom. The molecule has 3 heterocycles. The Morgan fingerprint density at radius 2 is 1.80 bits per heavy atom. The number of rotatable bonds is 8. The smallest absolute Gasteiger partial charge is 0.333 e. The number of imidazole rings is 1. The zero-order chi connectivity index (χ0) is 31.8. The van der Waals surface area contributed by atoms with Crippen LogP contribution in [0.5, 0.6) is 5.75 Å². The van der Waals surface area contributed by atoms with E-state index in [0.717, 1.165) is 24.0 Å². The lowest BCUT2D eigenvalue weighted by molar-refractivity contribution is 0.0706. The van der Waals surface area contributed by atoms with Gasteiger partial charge in [0.2, 0.25) is 0 Å². The summed E-state index contributed by atoms with van der Waals surface area (Å²) >= 11 is 9.64. The van der Waals surface area contributed by atoms with E-state index in [1.165, 1.54) is 4.57 Å². The molecule has 3 aromatic carbocycles. The number of benzene rings is 3. The maximum Gasteiger partial charge on any atom is 0.333 e. The van der Waals surface area contributed by atoms with Crippen LogP contribution in [-0.2, 0) is 19.6 Å². The standard InChI is InChI=1S/C34H28BrClN6O4/c35-27-14-7-21(18-28(27)36)33(44)40-16-17-41-30(20-40)31(42(34(41)45)23-8-10-24(11-9-23)46-25-12-13-25)32(43)37-19-22-4-1-2-5-26(22)29-6-3-15-38-39-29/h1-11,14-15,18,25H,12-13,16-17,19-20H2,(H,37,43). The molecule has 232 valence electrons. The Balaban J connectivity index is 1.24. The average molecular weight is 700 g/mol. The zero-order valence-electron chi connectivity index (χ0n) is 24.5. The molecule has 0 unspecified atom stereocenters. The highest BCUT2D eigenvalue weighted by Gasteiger charge is 2.32. The fourth-order valence-corrected chi connectivity index (χ4v) is 6.03. The number of amides is 2. The minimum absolute atomic E-state index is 0.0660. The van der Waals surface area contributed by atoms with Crippen LogP contribution in [0.1, 0.15) is 44.9 Å². The van der Waals surface area contributed by atoms with Crippen molar-refractivity contribution in [2.24, 2.45) is 0 Å². The molecule has 2 aliphatic rings. The van der Waals surface area contributed by atoms with Crippen molar-refractivity contribution in [3.05, 3.63) is 128 Å². The van der Waals surface area contributed by atoms with Gasteiger partial charge in [-0.15, -0.1) is 0 Å². The summed E-state index contributed by atoms with van der Waals surface area (Å²) in [4.78, 5) is 43.3. The molecule has 0 saturated heterocycles. The lowest BCUT2D eigenvalue weighted by Crippen LogP contribution is -2.41. The summed E-state index contributed by atoms with van der Waals surface area (Å²) in [6, 6.07) is 23.5. The molecule has 10 nitrogen and oxygen atoms in total. The van der Waals surface area contributed by atoms with E-state index in [0.29, 0.717) is 44.4 Å². The molecule has 7 rings (SSSR count). The third-order valence-electron chi connectivity index (χ3n) is 8.08. The van der Waals surface area contributed by atoms with E-state index >= 15 is 0 Å². The molecule has 0 spiro atoms. The summed E-state index contributed by atoms with van der Waals surface area (Å²) in [7, 11) is 0. The first-order chi connectivity index (χ1) is 22.4. The highest BCUT2D eigenvalue weighted by atomic mass is 79.9. The van der Waals surface area contributed by atoms with Gasteiger partial charge in [-0.3, -0.25) is 18.7 Å².